The Morgan fingerprint density at radius 1 is 1.09 bits per heavy atom. The number of carbonyl (C=O) groups is 1. The summed E-state index contributed by atoms with van der Waals surface area (Å²) in [6, 6.07) is 17.1. The van der Waals surface area contributed by atoms with Crippen LogP contribution < -0.4 is 4.74 Å². The van der Waals surface area contributed by atoms with E-state index in [0.29, 0.717) is 5.82 Å². The van der Waals surface area contributed by atoms with E-state index >= 15 is 0 Å². The van der Waals surface area contributed by atoms with Crippen molar-refractivity contribution in [1.82, 2.24) is 9.55 Å². The molecule has 4 nitrogen and oxygen atoms in total. The van der Waals surface area contributed by atoms with Crippen molar-refractivity contribution in [2.24, 2.45) is 0 Å². The van der Waals surface area contributed by atoms with Crippen LogP contribution in [0.3, 0.4) is 0 Å². The second-order valence-electron chi connectivity index (χ2n) is 4.93. The average molecular weight is 304 g/mol. The molecule has 0 amide bonds. The number of hydrogen-bond acceptors (Lipinski definition) is 3. The number of nitrogens with zero attached hydrogens (tertiary/aromatic N) is 2. The van der Waals surface area contributed by atoms with E-state index < -0.39 is 0 Å². The van der Waals surface area contributed by atoms with E-state index in [1.165, 1.54) is 10.6 Å². The number of benzene rings is 2. The fraction of sp³-hybridized carbons (Fsp3) is 0.0526. The number of allylic oxidation sites excluding steroid dienone is 1. The summed E-state index contributed by atoms with van der Waals surface area (Å²) in [6.07, 6.45) is 6.61. The number of carbonyl (C=O) groups excluding carboxylic acids is 1. The minimum atomic E-state index is -0.142. The van der Waals surface area contributed by atoms with Gasteiger partial charge in [-0.05, 0) is 23.8 Å². The van der Waals surface area contributed by atoms with Crippen molar-refractivity contribution in [2.45, 2.75) is 0 Å². The van der Waals surface area contributed by atoms with Crippen molar-refractivity contribution in [3.63, 3.8) is 0 Å². The van der Waals surface area contributed by atoms with Crippen LogP contribution in [0.5, 0.6) is 5.75 Å². The number of rotatable bonds is 4. The molecule has 1 heterocycles. The SMILES string of the molecule is COc1ccc(C=CC(=O)n2ccnc2-c2ccccc2)cc1. The third kappa shape index (κ3) is 3.37. The standard InChI is InChI=1S/C19H16N2O2/c1-23-17-10-7-15(8-11-17)9-12-18(22)21-14-13-20-19(21)16-5-3-2-4-6-16/h2-14H,1H3. The minimum absolute atomic E-state index is 0.142. The normalized spacial score (nSPS) is 10.8. The van der Waals surface area contributed by atoms with Crippen LogP contribution in [0.2, 0.25) is 0 Å². The van der Waals surface area contributed by atoms with Gasteiger partial charge in [0.25, 0.3) is 5.91 Å². The van der Waals surface area contributed by atoms with Crippen LogP contribution in [0.1, 0.15) is 10.4 Å². The van der Waals surface area contributed by atoms with Crippen molar-refractivity contribution in [2.75, 3.05) is 7.11 Å². The maximum Gasteiger partial charge on any atom is 0.256 e. The Morgan fingerprint density at radius 3 is 2.52 bits per heavy atom. The molecule has 0 saturated heterocycles. The first-order valence-electron chi connectivity index (χ1n) is 7.23. The number of methoxy groups -OCH3 is 1. The van der Waals surface area contributed by atoms with Crippen molar-refractivity contribution < 1.29 is 9.53 Å². The van der Waals surface area contributed by atoms with Gasteiger partial charge in [-0.3, -0.25) is 9.36 Å². The Bertz CT molecular complexity index is 818. The van der Waals surface area contributed by atoms with Gasteiger partial charge in [-0.25, -0.2) is 4.98 Å². The van der Waals surface area contributed by atoms with Crippen LogP contribution in [0, 0.1) is 0 Å². The van der Waals surface area contributed by atoms with Gasteiger partial charge in [0.05, 0.1) is 7.11 Å². The molecule has 0 radical (unpaired) electrons. The van der Waals surface area contributed by atoms with Gasteiger partial charge in [0.1, 0.15) is 11.6 Å². The van der Waals surface area contributed by atoms with E-state index in [-0.39, 0.29) is 5.91 Å². The topological polar surface area (TPSA) is 44.1 Å². The first-order valence-corrected chi connectivity index (χ1v) is 7.23. The molecule has 2 aromatic carbocycles. The molecule has 0 N–H and O–H groups in total. The van der Waals surface area contributed by atoms with E-state index in [9.17, 15) is 4.79 Å². The zero-order chi connectivity index (χ0) is 16.1. The number of ether oxygens (including phenoxy) is 1. The van der Waals surface area contributed by atoms with Gasteiger partial charge in [0, 0.05) is 24.0 Å². The average Bonchev–Trinajstić information content (AvgIpc) is 3.11. The summed E-state index contributed by atoms with van der Waals surface area (Å²) in [5.74, 6) is 1.28. The molecule has 4 heteroatoms. The second-order valence-corrected chi connectivity index (χ2v) is 4.93. The van der Waals surface area contributed by atoms with Gasteiger partial charge < -0.3 is 4.74 Å². The summed E-state index contributed by atoms with van der Waals surface area (Å²) in [5, 5.41) is 0. The fourth-order valence-corrected chi connectivity index (χ4v) is 2.24. The highest BCUT2D eigenvalue weighted by Crippen LogP contribution is 2.17. The van der Waals surface area contributed by atoms with Gasteiger partial charge in [0.15, 0.2) is 0 Å². The Balaban J connectivity index is 1.81. The van der Waals surface area contributed by atoms with E-state index in [2.05, 4.69) is 4.98 Å². The Kier molecular flexibility index (Phi) is 4.34. The Hall–Kier alpha value is -3.14. The fourth-order valence-electron chi connectivity index (χ4n) is 2.24. The molecule has 1 aromatic heterocycles. The summed E-state index contributed by atoms with van der Waals surface area (Å²) in [6.45, 7) is 0. The molecule has 0 saturated carbocycles. The molecule has 0 aliphatic heterocycles. The van der Waals surface area contributed by atoms with Crippen molar-refractivity contribution in [3.05, 3.63) is 78.6 Å². The van der Waals surface area contributed by atoms with Crippen molar-refractivity contribution in [1.29, 1.82) is 0 Å². The largest absolute Gasteiger partial charge is 0.497 e. The molecule has 0 aliphatic carbocycles. The van der Waals surface area contributed by atoms with Crippen LogP contribution in [0.15, 0.2) is 73.1 Å². The highest BCUT2D eigenvalue weighted by atomic mass is 16.5. The van der Waals surface area contributed by atoms with E-state index in [1.807, 2.05) is 54.6 Å². The predicted molar refractivity (Wildman–Crippen MR) is 90.3 cm³/mol. The third-order valence-corrected chi connectivity index (χ3v) is 3.44. The lowest BCUT2D eigenvalue weighted by molar-refractivity contribution is 0.0971. The molecule has 0 atom stereocenters. The van der Waals surface area contributed by atoms with Crippen LogP contribution in [-0.2, 0) is 0 Å². The predicted octanol–water partition coefficient (Wildman–Crippen LogP) is 3.91. The van der Waals surface area contributed by atoms with Gasteiger partial charge in [0.2, 0.25) is 0 Å². The Morgan fingerprint density at radius 2 is 1.83 bits per heavy atom. The number of hydrogen-bond donors (Lipinski definition) is 0. The lowest BCUT2D eigenvalue weighted by Crippen LogP contribution is -2.07. The summed E-state index contributed by atoms with van der Waals surface area (Å²) < 4.78 is 6.65. The lowest BCUT2D eigenvalue weighted by Gasteiger charge is -2.04. The van der Waals surface area contributed by atoms with E-state index in [0.717, 1.165) is 16.9 Å². The molecule has 3 rings (SSSR count). The first kappa shape index (κ1) is 14.8. The molecule has 3 aromatic rings. The lowest BCUT2D eigenvalue weighted by atomic mass is 10.2. The number of aromatic nitrogens is 2. The molecular formula is C19H16N2O2. The monoisotopic (exact) mass is 304 g/mol. The zero-order valence-electron chi connectivity index (χ0n) is 12.7. The van der Waals surface area contributed by atoms with E-state index in [4.69, 9.17) is 4.74 Å². The molecular weight excluding hydrogens is 288 g/mol. The smallest absolute Gasteiger partial charge is 0.256 e. The van der Waals surface area contributed by atoms with Crippen molar-refractivity contribution >= 4 is 12.0 Å². The minimum Gasteiger partial charge on any atom is -0.497 e. The summed E-state index contributed by atoms with van der Waals surface area (Å²) in [5.41, 5.74) is 1.84. The van der Waals surface area contributed by atoms with E-state index in [1.54, 1.807) is 25.6 Å². The maximum atomic E-state index is 12.4. The van der Waals surface area contributed by atoms with Crippen LogP contribution >= 0.6 is 0 Å². The molecule has 0 fully saturated rings. The summed E-state index contributed by atoms with van der Waals surface area (Å²) >= 11 is 0. The zero-order valence-corrected chi connectivity index (χ0v) is 12.7. The van der Waals surface area contributed by atoms with Gasteiger partial charge >= 0.3 is 0 Å². The highest BCUT2D eigenvalue weighted by molar-refractivity contribution is 5.95. The first-order chi connectivity index (χ1) is 11.3. The van der Waals surface area contributed by atoms with Crippen LogP contribution in [0.4, 0.5) is 0 Å². The van der Waals surface area contributed by atoms with Crippen LogP contribution in [-0.4, -0.2) is 22.6 Å². The summed E-state index contributed by atoms with van der Waals surface area (Å²) in [4.78, 5) is 16.7. The quantitative estimate of drug-likeness (QED) is 0.686. The molecule has 0 bridgehead atoms. The van der Waals surface area contributed by atoms with Crippen LogP contribution in [0.25, 0.3) is 17.5 Å². The summed E-state index contributed by atoms with van der Waals surface area (Å²) in [7, 11) is 1.62. The van der Waals surface area contributed by atoms with Crippen molar-refractivity contribution in [3.8, 4) is 17.1 Å². The second kappa shape index (κ2) is 6.75. The number of imidazole rings is 1. The molecule has 0 spiro atoms. The highest BCUT2D eigenvalue weighted by Gasteiger charge is 2.09. The molecule has 0 aliphatic rings. The third-order valence-electron chi connectivity index (χ3n) is 3.44. The van der Waals surface area contributed by atoms with Gasteiger partial charge in [-0.2, -0.15) is 0 Å². The maximum absolute atomic E-state index is 12.4. The molecule has 0 unspecified atom stereocenters. The van der Waals surface area contributed by atoms with Gasteiger partial charge in [-0.1, -0.05) is 42.5 Å². The molecule has 114 valence electrons. The van der Waals surface area contributed by atoms with Gasteiger partial charge in [-0.15, -0.1) is 0 Å². The Labute approximate surface area is 134 Å². The molecule has 23 heavy (non-hydrogen) atoms.